The average Bonchev–Trinajstić information content (AvgIpc) is 3.31. The molecule has 0 unspecified atom stereocenters. The molecule has 1 spiro atoms. The molecular weight excluding hydrogens is 314 g/mol. The van der Waals surface area contributed by atoms with Gasteiger partial charge in [-0.2, -0.15) is 0 Å². The second-order valence-corrected chi connectivity index (χ2v) is 6.53. The maximum absolute atomic E-state index is 5.87. The third kappa shape index (κ3) is 2.56. The van der Waals surface area contributed by atoms with Gasteiger partial charge in [-0.25, -0.2) is 9.97 Å². The van der Waals surface area contributed by atoms with Crippen molar-refractivity contribution in [3.63, 3.8) is 0 Å². The zero-order valence-corrected chi connectivity index (χ0v) is 13.9. The topological polar surface area (TPSA) is 47.5 Å². The zero-order valence-electron chi connectivity index (χ0n) is 13.9. The second-order valence-electron chi connectivity index (χ2n) is 6.53. The van der Waals surface area contributed by atoms with E-state index in [1.54, 1.807) is 0 Å². The van der Waals surface area contributed by atoms with Crippen LogP contribution in [-0.2, 0) is 9.47 Å². The molecule has 0 N–H and O–H groups in total. The molecule has 25 heavy (non-hydrogen) atoms. The molecule has 0 aliphatic carbocycles. The first-order chi connectivity index (χ1) is 12.3. The van der Waals surface area contributed by atoms with Gasteiger partial charge in [0.05, 0.1) is 25.3 Å². The molecule has 3 aromatic rings. The van der Waals surface area contributed by atoms with Crippen molar-refractivity contribution in [2.24, 2.45) is 0 Å². The Bertz CT molecular complexity index is 907. The summed E-state index contributed by atoms with van der Waals surface area (Å²) in [6.45, 7) is 2.93. The molecule has 0 amide bonds. The normalized spacial score (nSPS) is 19.1. The number of ether oxygens (including phenoxy) is 2. The lowest BCUT2D eigenvalue weighted by Crippen LogP contribution is -2.34. The molecule has 0 atom stereocenters. The Morgan fingerprint density at radius 3 is 2.48 bits per heavy atom. The third-order valence-corrected chi connectivity index (χ3v) is 4.92. The smallest absolute Gasteiger partial charge is 0.187 e. The Balaban J connectivity index is 1.61. The second kappa shape index (κ2) is 5.79. The molecule has 0 bridgehead atoms. The van der Waals surface area contributed by atoms with E-state index in [1.807, 2.05) is 48.5 Å². The van der Waals surface area contributed by atoms with E-state index >= 15 is 0 Å². The summed E-state index contributed by atoms with van der Waals surface area (Å²) in [6.07, 6.45) is 0.867. The summed E-state index contributed by atoms with van der Waals surface area (Å²) >= 11 is 0. The van der Waals surface area contributed by atoms with Crippen LogP contribution in [0.3, 0.4) is 0 Å². The van der Waals surface area contributed by atoms with Crippen LogP contribution in [0.15, 0.2) is 54.6 Å². The minimum absolute atomic E-state index is 0.459. The Morgan fingerprint density at radius 2 is 1.64 bits per heavy atom. The fourth-order valence-electron chi connectivity index (χ4n) is 3.68. The van der Waals surface area contributed by atoms with Gasteiger partial charge in [0.25, 0.3) is 0 Å². The van der Waals surface area contributed by atoms with Crippen LogP contribution in [-0.4, -0.2) is 42.1 Å². The minimum atomic E-state index is -0.459. The number of aromatic nitrogens is 2. The van der Waals surface area contributed by atoms with Crippen molar-refractivity contribution in [2.45, 2.75) is 12.2 Å². The highest BCUT2D eigenvalue weighted by Crippen LogP contribution is 2.36. The fraction of sp³-hybridized carbons (Fsp3) is 0.300. The van der Waals surface area contributed by atoms with Crippen molar-refractivity contribution in [1.29, 1.82) is 0 Å². The lowest BCUT2D eigenvalue weighted by molar-refractivity contribution is -0.137. The molecule has 126 valence electrons. The van der Waals surface area contributed by atoms with E-state index in [4.69, 9.17) is 19.4 Å². The monoisotopic (exact) mass is 333 g/mol. The number of hydrogen-bond acceptors (Lipinski definition) is 5. The Morgan fingerprint density at radius 1 is 0.880 bits per heavy atom. The SMILES string of the molecule is c1ccc(-c2nc(N3CCC4(C3)OCCO4)c3ccccc3n2)cc1. The largest absolute Gasteiger partial charge is 0.350 e. The summed E-state index contributed by atoms with van der Waals surface area (Å²) in [5, 5.41) is 1.07. The number of rotatable bonds is 2. The molecule has 1 aromatic heterocycles. The third-order valence-electron chi connectivity index (χ3n) is 4.92. The van der Waals surface area contributed by atoms with E-state index < -0.39 is 5.79 Å². The highest BCUT2D eigenvalue weighted by molar-refractivity contribution is 5.91. The van der Waals surface area contributed by atoms with Gasteiger partial charge in [0.2, 0.25) is 0 Å². The van der Waals surface area contributed by atoms with Crippen molar-refractivity contribution in [3.05, 3.63) is 54.6 Å². The van der Waals surface area contributed by atoms with Crippen LogP contribution in [0.2, 0.25) is 0 Å². The molecule has 5 heteroatoms. The molecular formula is C20H19N3O2. The van der Waals surface area contributed by atoms with Crippen LogP contribution in [0.4, 0.5) is 5.82 Å². The van der Waals surface area contributed by atoms with Crippen LogP contribution in [0, 0.1) is 0 Å². The summed E-state index contributed by atoms with van der Waals surface area (Å²) in [7, 11) is 0. The summed E-state index contributed by atoms with van der Waals surface area (Å²) in [5.74, 6) is 1.25. The predicted octanol–water partition coefficient (Wildman–Crippen LogP) is 3.25. The molecule has 5 nitrogen and oxygen atoms in total. The van der Waals surface area contributed by atoms with Gasteiger partial charge in [-0.1, -0.05) is 42.5 Å². The lowest BCUT2D eigenvalue weighted by atomic mass is 10.2. The number of nitrogens with zero attached hydrogens (tertiary/aromatic N) is 3. The number of fused-ring (bicyclic) bond motifs is 1. The van der Waals surface area contributed by atoms with E-state index in [0.717, 1.165) is 41.1 Å². The highest BCUT2D eigenvalue weighted by atomic mass is 16.7. The van der Waals surface area contributed by atoms with Crippen LogP contribution in [0.25, 0.3) is 22.3 Å². The van der Waals surface area contributed by atoms with E-state index in [1.165, 1.54) is 0 Å². The maximum atomic E-state index is 5.87. The van der Waals surface area contributed by atoms with Crippen molar-refractivity contribution in [1.82, 2.24) is 9.97 Å². The van der Waals surface area contributed by atoms with Gasteiger partial charge in [-0.05, 0) is 12.1 Å². The molecule has 0 radical (unpaired) electrons. The fourth-order valence-corrected chi connectivity index (χ4v) is 3.68. The van der Waals surface area contributed by atoms with Crippen LogP contribution in [0.5, 0.6) is 0 Å². The molecule has 2 aromatic carbocycles. The average molecular weight is 333 g/mol. The van der Waals surface area contributed by atoms with Gasteiger partial charge in [-0.3, -0.25) is 0 Å². The summed E-state index contributed by atoms with van der Waals surface area (Å²) in [4.78, 5) is 11.9. The molecule has 2 fully saturated rings. The molecule has 2 saturated heterocycles. The van der Waals surface area contributed by atoms with E-state index in [9.17, 15) is 0 Å². The maximum Gasteiger partial charge on any atom is 0.187 e. The van der Waals surface area contributed by atoms with Gasteiger partial charge in [0.15, 0.2) is 11.6 Å². The molecule has 2 aliphatic rings. The van der Waals surface area contributed by atoms with Gasteiger partial charge >= 0.3 is 0 Å². The standard InChI is InChI=1S/C20H19N3O2/c1-2-6-15(7-3-1)18-21-17-9-5-4-8-16(17)19(22-18)23-11-10-20(14-23)24-12-13-25-20/h1-9H,10-14H2. The molecule has 2 aliphatic heterocycles. The van der Waals surface area contributed by atoms with E-state index in [2.05, 4.69) is 11.0 Å². The first-order valence-corrected chi connectivity index (χ1v) is 8.68. The summed E-state index contributed by atoms with van der Waals surface area (Å²) < 4.78 is 11.7. The molecule has 0 saturated carbocycles. The zero-order chi connectivity index (χ0) is 16.7. The van der Waals surface area contributed by atoms with Crippen LogP contribution in [0.1, 0.15) is 6.42 Å². The van der Waals surface area contributed by atoms with Crippen LogP contribution >= 0.6 is 0 Å². The van der Waals surface area contributed by atoms with Gasteiger partial charge < -0.3 is 14.4 Å². The van der Waals surface area contributed by atoms with E-state index in [-0.39, 0.29) is 0 Å². The molecule has 3 heterocycles. The van der Waals surface area contributed by atoms with Crippen molar-refractivity contribution >= 4 is 16.7 Å². The minimum Gasteiger partial charge on any atom is -0.350 e. The van der Waals surface area contributed by atoms with Gasteiger partial charge in [-0.15, -0.1) is 0 Å². The lowest BCUT2D eigenvalue weighted by Gasteiger charge is -2.24. The predicted molar refractivity (Wildman–Crippen MR) is 96.4 cm³/mol. The van der Waals surface area contributed by atoms with Gasteiger partial charge in [0.1, 0.15) is 5.82 Å². The highest BCUT2D eigenvalue weighted by Gasteiger charge is 2.44. The van der Waals surface area contributed by atoms with E-state index in [0.29, 0.717) is 19.8 Å². The Labute approximate surface area is 146 Å². The number of hydrogen-bond donors (Lipinski definition) is 0. The van der Waals surface area contributed by atoms with Crippen molar-refractivity contribution in [2.75, 3.05) is 31.2 Å². The number of para-hydroxylation sites is 1. The van der Waals surface area contributed by atoms with Crippen LogP contribution < -0.4 is 4.90 Å². The Kier molecular flexibility index (Phi) is 3.43. The van der Waals surface area contributed by atoms with Crippen molar-refractivity contribution < 1.29 is 9.47 Å². The first kappa shape index (κ1) is 14.8. The Hall–Kier alpha value is -2.50. The summed E-state index contributed by atoms with van der Waals surface area (Å²) in [6, 6.07) is 18.3. The van der Waals surface area contributed by atoms with Gasteiger partial charge in [0, 0.05) is 23.9 Å². The first-order valence-electron chi connectivity index (χ1n) is 8.68. The number of benzene rings is 2. The quantitative estimate of drug-likeness (QED) is 0.720. The number of anilines is 1. The molecule has 5 rings (SSSR count). The van der Waals surface area contributed by atoms with Crippen molar-refractivity contribution in [3.8, 4) is 11.4 Å². The summed E-state index contributed by atoms with van der Waals surface area (Å²) in [5.41, 5.74) is 1.98.